The molecule has 128 valence electrons. The van der Waals surface area contributed by atoms with Crippen LogP contribution < -0.4 is 4.90 Å². The summed E-state index contributed by atoms with van der Waals surface area (Å²) < 4.78 is 49.4. The molecule has 2 rings (SSSR count). The second kappa shape index (κ2) is 6.82. The Labute approximate surface area is 134 Å². The smallest absolute Gasteiger partial charge is 0.242 e. The lowest BCUT2D eigenvalue weighted by Gasteiger charge is -2.29. The molecule has 5 nitrogen and oxygen atoms in total. The number of benzene rings is 1. The Morgan fingerprint density at radius 1 is 1.30 bits per heavy atom. The molecule has 8 heteroatoms. The predicted molar refractivity (Wildman–Crippen MR) is 84.1 cm³/mol. The molecule has 0 N–H and O–H groups in total. The van der Waals surface area contributed by atoms with Crippen molar-refractivity contribution in [1.82, 2.24) is 4.90 Å². The highest BCUT2D eigenvalue weighted by Crippen LogP contribution is 2.20. The van der Waals surface area contributed by atoms with Crippen LogP contribution in [-0.2, 0) is 14.6 Å². The first kappa shape index (κ1) is 17.7. The Morgan fingerprint density at radius 2 is 2.00 bits per heavy atom. The van der Waals surface area contributed by atoms with Gasteiger partial charge in [-0.15, -0.1) is 0 Å². The lowest BCUT2D eigenvalue weighted by Crippen LogP contribution is -2.45. The molecule has 1 fully saturated rings. The van der Waals surface area contributed by atoms with E-state index in [2.05, 4.69) is 0 Å². The second-order valence-corrected chi connectivity index (χ2v) is 7.92. The van der Waals surface area contributed by atoms with Crippen LogP contribution in [0.1, 0.15) is 13.3 Å². The van der Waals surface area contributed by atoms with Gasteiger partial charge >= 0.3 is 0 Å². The molecule has 1 unspecified atom stereocenters. The molecule has 1 aliphatic heterocycles. The van der Waals surface area contributed by atoms with Crippen LogP contribution in [0.2, 0.25) is 0 Å². The van der Waals surface area contributed by atoms with E-state index >= 15 is 0 Å². The lowest BCUT2D eigenvalue weighted by molar-refractivity contribution is -0.131. The van der Waals surface area contributed by atoms with Crippen LogP contribution in [0.15, 0.2) is 18.2 Å². The number of anilines is 1. The van der Waals surface area contributed by atoms with Crippen LogP contribution in [0.4, 0.5) is 14.5 Å². The van der Waals surface area contributed by atoms with E-state index in [9.17, 15) is 22.0 Å². The van der Waals surface area contributed by atoms with E-state index in [1.165, 1.54) is 11.0 Å². The predicted octanol–water partition coefficient (Wildman–Crippen LogP) is 1.44. The minimum atomic E-state index is -3.07. The zero-order chi connectivity index (χ0) is 17.2. The number of nitrogens with zero attached hydrogens (tertiary/aromatic N) is 2. The average molecular weight is 346 g/mol. The first-order valence-electron chi connectivity index (χ1n) is 7.39. The Hall–Kier alpha value is -1.70. The molecule has 0 saturated carbocycles. The highest BCUT2D eigenvalue weighted by atomic mass is 32.2. The van der Waals surface area contributed by atoms with Crippen LogP contribution >= 0.6 is 0 Å². The van der Waals surface area contributed by atoms with Gasteiger partial charge in [0, 0.05) is 31.4 Å². The number of sulfone groups is 1. The first-order chi connectivity index (χ1) is 10.7. The maximum Gasteiger partial charge on any atom is 0.242 e. The quantitative estimate of drug-likeness (QED) is 0.809. The monoisotopic (exact) mass is 346 g/mol. The molecule has 1 aromatic carbocycles. The van der Waals surface area contributed by atoms with Gasteiger partial charge in [-0.05, 0) is 25.5 Å². The van der Waals surface area contributed by atoms with E-state index in [4.69, 9.17) is 0 Å². The summed E-state index contributed by atoms with van der Waals surface area (Å²) >= 11 is 0. The molecule has 0 spiro atoms. The van der Waals surface area contributed by atoms with E-state index in [1.54, 1.807) is 18.9 Å². The zero-order valence-electron chi connectivity index (χ0n) is 13.1. The van der Waals surface area contributed by atoms with Crippen molar-refractivity contribution in [2.45, 2.75) is 19.4 Å². The second-order valence-electron chi connectivity index (χ2n) is 5.69. The number of likely N-dealkylation sites (N-methyl/N-ethyl adjacent to an activating group) is 2. The lowest BCUT2D eigenvalue weighted by atomic mass is 10.2. The van der Waals surface area contributed by atoms with Crippen LogP contribution in [0, 0.1) is 11.6 Å². The summed E-state index contributed by atoms with van der Waals surface area (Å²) in [4.78, 5) is 15.5. The van der Waals surface area contributed by atoms with Crippen molar-refractivity contribution >= 4 is 21.4 Å². The SMILES string of the molecule is CCN(C(=O)CN(C)c1ccc(F)c(F)c1)C1CCS(=O)(=O)C1. The molecule has 1 aliphatic rings. The Bertz CT molecular complexity index is 694. The molecular formula is C15H20F2N2O3S. The Morgan fingerprint density at radius 3 is 2.52 bits per heavy atom. The minimum absolute atomic E-state index is 0.0124. The van der Waals surface area contributed by atoms with E-state index < -0.39 is 21.5 Å². The average Bonchev–Trinajstić information content (AvgIpc) is 2.82. The largest absolute Gasteiger partial charge is 0.365 e. The molecular weight excluding hydrogens is 326 g/mol. The normalized spacial score (nSPS) is 19.6. The summed E-state index contributed by atoms with van der Waals surface area (Å²) in [7, 11) is -1.47. The summed E-state index contributed by atoms with van der Waals surface area (Å²) in [6, 6.07) is 3.11. The molecule has 23 heavy (non-hydrogen) atoms. The molecule has 1 heterocycles. The van der Waals surface area contributed by atoms with Gasteiger partial charge in [-0.1, -0.05) is 0 Å². The molecule has 0 bridgehead atoms. The highest BCUT2D eigenvalue weighted by molar-refractivity contribution is 7.91. The summed E-state index contributed by atoms with van der Waals surface area (Å²) in [6.07, 6.45) is 0.441. The number of hydrogen-bond donors (Lipinski definition) is 0. The zero-order valence-corrected chi connectivity index (χ0v) is 13.9. The van der Waals surface area contributed by atoms with Gasteiger partial charge in [-0.2, -0.15) is 0 Å². The Kier molecular flexibility index (Phi) is 5.23. The number of carbonyl (C=O) groups excluding carboxylic acids is 1. The van der Waals surface area contributed by atoms with Crippen molar-refractivity contribution < 1.29 is 22.0 Å². The molecule has 0 aliphatic carbocycles. The van der Waals surface area contributed by atoms with Gasteiger partial charge in [0.15, 0.2) is 21.5 Å². The van der Waals surface area contributed by atoms with Crippen molar-refractivity contribution in [3.05, 3.63) is 29.8 Å². The molecule has 1 atom stereocenters. The van der Waals surface area contributed by atoms with Crippen LogP contribution in [0.3, 0.4) is 0 Å². The minimum Gasteiger partial charge on any atom is -0.365 e. The third-order valence-corrected chi connectivity index (χ3v) is 5.78. The molecule has 1 amide bonds. The van der Waals surface area contributed by atoms with Crippen LogP contribution in [-0.4, -0.2) is 56.9 Å². The number of hydrogen-bond acceptors (Lipinski definition) is 4. The molecule has 1 saturated heterocycles. The van der Waals surface area contributed by atoms with E-state index in [1.807, 2.05) is 0 Å². The van der Waals surface area contributed by atoms with Crippen molar-refractivity contribution in [2.75, 3.05) is 36.5 Å². The van der Waals surface area contributed by atoms with Crippen LogP contribution in [0.25, 0.3) is 0 Å². The molecule has 0 radical (unpaired) electrons. The third-order valence-electron chi connectivity index (χ3n) is 4.03. The number of carbonyl (C=O) groups is 1. The van der Waals surface area contributed by atoms with Gasteiger partial charge in [0.05, 0.1) is 18.1 Å². The van der Waals surface area contributed by atoms with E-state index in [-0.39, 0.29) is 30.0 Å². The summed E-state index contributed by atoms with van der Waals surface area (Å²) in [6.45, 7) is 2.17. The van der Waals surface area contributed by atoms with E-state index in [0.29, 0.717) is 18.7 Å². The number of amides is 1. The van der Waals surface area contributed by atoms with Crippen molar-refractivity contribution in [1.29, 1.82) is 0 Å². The van der Waals surface area contributed by atoms with Crippen molar-refractivity contribution in [3.63, 3.8) is 0 Å². The fraction of sp³-hybridized carbons (Fsp3) is 0.533. The molecule has 0 aromatic heterocycles. The van der Waals surface area contributed by atoms with Gasteiger partial charge in [-0.3, -0.25) is 4.79 Å². The van der Waals surface area contributed by atoms with Crippen molar-refractivity contribution in [2.24, 2.45) is 0 Å². The topological polar surface area (TPSA) is 57.7 Å². The van der Waals surface area contributed by atoms with Gasteiger partial charge in [-0.25, -0.2) is 17.2 Å². The number of halogens is 2. The van der Waals surface area contributed by atoms with E-state index in [0.717, 1.165) is 12.1 Å². The fourth-order valence-corrected chi connectivity index (χ4v) is 4.50. The highest BCUT2D eigenvalue weighted by Gasteiger charge is 2.34. The molecule has 1 aromatic rings. The van der Waals surface area contributed by atoms with Gasteiger partial charge in [0.25, 0.3) is 0 Å². The maximum atomic E-state index is 13.3. The third kappa shape index (κ3) is 4.19. The summed E-state index contributed by atoms with van der Waals surface area (Å²) in [5.41, 5.74) is 0.382. The van der Waals surface area contributed by atoms with Crippen molar-refractivity contribution in [3.8, 4) is 0 Å². The van der Waals surface area contributed by atoms with Crippen LogP contribution in [0.5, 0.6) is 0 Å². The van der Waals surface area contributed by atoms with Gasteiger partial charge in [0.2, 0.25) is 5.91 Å². The standard InChI is InChI=1S/C15H20F2N2O3S/c1-3-19(12-6-7-23(21,22)10-12)15(20)9-18(2)11-4-5-13(16)14(17)8-11/h4-5,8,12H,3,6-7,9-10H2,1-2H3. The van der Waals surface area contributed by atoms with Gasteiger partial charge in [0.1, 0.15) is 0 Å². The fourth-order valence-electron chi connectivity index (χ4n) is 2.77. The first-order valence-corrected chi connectivity index (χ1v) is 9.21. The summed E-state index contributed by atoms with van der Waals surface area (Å²) in [5.74, 6) is -2.07. The van der Waals surface area contributed by atoms with Gasteiger partial charge < -0.3 is 9.80 Å². The summed E-state index contributed by atoms with van der Waals surface area (Å²) in [5, 5.41) is 0. The number of rotatable bonds is 5. The maximum absolute atomic E-state index is 13.3. The Balaban J connectivity index is 2.05.